The number of benzene rings is 3. The van der Waals surface area contributed by atoms with Crippen molar-refractivity contribution in [3.8, 4) is 0 Å². The molecule has 12 rings (SSSR count). The maximum absolute atomic E-state index is 12.7. The van der Waals surface area contributed by atoms with E-state index in [1.165, 1.54) is 48.8 Å². The number of carboxylic acids is 1. The van der Waals surface area contributed by atoms with E-state index < -0.39 is 24.3 Å². The molecule has 0 amide bonds. The summed E-state index contributed by atoms with van der Waals surface area (Å²) >= 11 is 20.1. The normalized spacial score (nSPS) is 19.1. The number of carbonyl (C=O) groups excluding carboxylic acids is 4. The number of ether oxygens (including phenoxy) is 3. The van der Waals surface area contributed by atoms with Crippen LogP contribution in [0.4, 0.5) is 17.5 Å². The van der Waals surface area contributed by atoms with Crippen LogP contribution in [0, 0.1) is 0 Å². The Kier molecular flexibility index (Phi) is 46.4. The van der Waals surface area contributed by atoms with Gasteiger partial charge in [-0.1, -0.05) is 87.6 Å². The Labute approximate surface area is 707 Å². The number of rotatable bonds is 24. The SMILES string of the molecule is C.C.II(I)I(I)I(I)I(I)I(I)I.NC[C@@H](O)[C@@H]1Cc2ccccc2CN1[B]C=O.O=C(CC[C@@H](O)[C@@H]1Cc2ccccc2CN1)c1ccc(N2CCOCC2)nc1.O=C(O)c1ccc(N2CCOCC2)nc1.O=C[B]N1Cc2ccccc2C[C@H]1[C@H](O)CCC(=O)c1ccc(N2CCOCC2)nc1. The van der Waals surface area contributed by atoms with E-state index in [-0.39, 0.29) is 103 Å². The van der Waals surface area contributed by atoms with Gasteiger partial charge in [-0.3, -0.25) is 9.59 Å². The van der Waals surface area contributed by atoms with Crippen LogP contribution in [0.2, 0.25) is 0 Å². The molecular weight excluding hydrogens is 2710 g/mol. The number of fused-ring (bicyclic) bond motifs is 3. The molecular formula is C69H90B2I12N10O12. The zero-order chi connectivity index (χ0) is 73.8. The van der Waals surface area contributed by atoms with Crippen LogP contribution in [-0.4, -0.2) is 212 Å². The van der Waals surface area contributed by atoms with Crippen molar-refractivity contribution in [1.29, 1.82) is 0 Å². The minimum atomic E-state index is -0.948. The summed E-state index contributed by atoms with van der Waals surface area (Å²) in [7, 11) is 1.26. The Bertz CT molecular complexity index is 3600. The van der Waals surface area contributed by atoms with Crippen LogP contribution in [-0.2, 0) is 62.7 Å². The van der Waals surface area contributed by atoms with E-state index in [9.17, 15) is 39.3 Å². The number of aromatic carboxylic acids is 1. The Balaban J connectivity index is 0.000000214. The van der Waals surface area contributed by atoms with Gasteiger partial charge < -0.3 is 79.6 Å². The Morgan fingerprint density at radius 3 is 1.21 bits per heavy atom. The van der Waals surface area contributed by atoms with Crippen LogP contribution in [0.5, 0.6) is 0 Å². The zero-order valence-corrected chi connectivity index (χ0v) is 81.8. The number of nitrogens with one attached hydrogen (secondary N) is 1. The van der Waals surface area contributed by atoms with Crippen molar-refractivity contribution in [2.24, 2.45) is 5.73 Å². The number of halogens is 12. The predicted molar refractivity (Wildman–Crippen MR) is 529 cm³/mol. The molecule has 0 bridgehead atoms. The van der Waals surface area contributed by atoms with Crippen LogP contribution in [0.3, 0.4) is 0 Å². The van der Waals surface area contributed by atoms with Crippen LogP contribution in [0.15, 0.2) is 128 Å². The molecule has 9 heterocycles. The molecule has 3 aromatic heterocycles. The van der Waals surface area contributed by atoms with Gasteiger partial charge in [0.15, 0.2) is 11.6 Å². The molecule has 0 aliphatic carbocycles. The van der Waals surface area contributed by atoms with Gasteiger partial charge in [-0.2, -0.15) is 0 Å². The van der Waals surface area contributed by atoms with Crippen molar-refractivity contribution in [2.75, 3.05) is 100 Å². The number of hydrogen-bond acceptors (Lipinski definition) is 21. The van der Waals surface area contributed by atoms with Gasteiger partial charge in [0.1, 0.15) is 17.5 Å². The molecule has 36 heteroatoms. The maximum atomic E-state index is 12.7. The topological polar surface area (TPSA) is 287 Å². The largest absolute Gasteiger partial charge is 0.478 e. The van der Waals surface area contributed by atoms with Gasteiger partial charge in [0.25, 0.3) is 14.8 Å². The van der Waals surface area contributed by atoms with Gasteiger partial charge in [-0.25, -0.2) is 19.7 Å². The quantitative estimate of drug-likeness (QED) is 0.0142. The molecule has 3 saturated heterocycles. The number of nitrogens with zero attached hydrogens (tertiary/aromatic N) is 8. The first kappa shape index (κ1) is 95.0. The van der Waals surface area contributed by atoms with E-state index >= 15 is 0 Å². The van der Waals surface area contributed by atoms with Gasteiger partial charge in [-0.15, -0.1) is 0 Å². The summed E-state index contributed by atoms with van der Waals surface area (Å²) in [6.45, 7) is 11.2. The van der Waals surface area contributed by atoms with E-state index in [1.807, 2.05) is 76.4 Å². The smallest absolute Gasteiger partial charge is 0.337 e. The molecule has 2 radical (unpaired) electrons. The van der Waals surface area contributed by atoms with Gasteiger partial charge in [-0.05, 0) is 102 Å². The Morgan fingerprint density at radius 2 is 0.857 bits per heavy atom. The fourth-order valence-corrected chi connectivity index (χ4v) is 1270. The van der Waals surface area contributed by atoms with E-state index in [0.29, 0.717) is 89.5 Å². The average molecular weight is 2800 g/mol. The first-order valence-electron chi connectivity index (χ1n) is 32.9. The second kappa shape index (κ2) is 51.3. The number of hydrogen-bond donors (Lipinski definition) is 6. The summed E-state index contributed by atoms with van der Waals surface area (Å²) in [5.41, 5.74) is 14.2. The third kappa shape index (κ3) is 30.6. The average Bonchev–Trinajstić information content (AvgIpc) is 0.809. The van der Waals surface area contributed by atoms with E-state index in [2.05, 4.69) is 190 Å². The minimum absolute atomic E-state index is 0. The molecule has 6 aliphatic heterocycles. The number of morpholine rings is 3. The Hall–Kier alpha value is 1.15. The van der Waals surface area contributed by atoms with Crippen LogP contribution >= 0.6 is 170 Å². The number of pyridine rings is 3. The molecule has 578 valence electrons. The van der Waals surface area contributed by atoms with E-state index in [1.54, 1.807) is 30.6 Å². The van der Waals surface area contributed by atoms with E-state index in [4.69, 9.17) is 25.1 Å². The Morgan fingerprint density at radius 1 is 0.505 bits per heavy atom. The minimum Gasteiger partial charge on any atom is -0.478 e. The van der Waals surface area contributed by atoms with Gasteiger partial charge in [0.05, 0.1) is 75.9 Å². The maximum Gasteiger partial charge on any atom is 0.337 e. The second-order valence-corrected chi connectivity index (χ2v) is 268. The molecule has 3 aromatic carbocycles. The summed E-state index contributed by atoms with van der Waals surface area (Å²) < 4.78 is 15.9. The first-order valence-corrected chi connectivity index (χ1v) is 102. The number of aliphatic hydroxyl groups excluding tert-OH is 3. The van der Waals surface area contributed by atoms with Crippen LogP contribution in [0.25, 0.3) is 0 Å². The molecule has 0 saturated carbocycles. The van der Waals surface area contributed by atoms with Crippen LogP contribution < -0.4 is 25.8 Å². The van der Waals surface area contributed by atoms with Crippen molar-refractivity contribution in [3.05, 3.63) is 178 Å². The van der Waals surface area contributed by atoms with Gasteiger partial charge in [0, 0.05) is 126 Å². The van der Waals surface area contributed by atoms with Crippen molar-refractivity contribution < 1.29 is 58.6 Å². The molecule has 6 aliphatic rings. The molecule has 3 fully saturated rings. The summed E-state index contributed by atoms with van der Waals surface area (Å²) in [5.74, 6) is 1.57. The first-order chi connectivity index (χ1) is 49.8. The fraction of sp³-hybridized carbons (Fsp3) is 0.449. The fourth-order valence-electron chi connectivity index (χ4n) is 12.1. The van der Waals surface area contributed by atoms with Crippen molar-refractivity contribution in [3.63, 3.8) is 0 Å². The van der Waals surface area contributed by atoms with Crippen molar-refractivity contribution >= 4 is 232 Å². The third-order valence-corrected chi connectivity index (χ3v) is 679. The zero-order valence-electron chi connectivity index (χ0n) is 55.9. The number of anilines is 3. The van der Waals surface area contributed by atoms with E-state index in [0.717, 1.165) is 94.0 Å². The molecule has 105 heavy (non-hydrogen) atoms. The monoisotopic (exact) mass is 2800 g/mol. The molecule has 0 unspecified atom stereocenters. The van der Waals surface area contributed by atoms with Crippen LogP contribution in [0.1, 0.15) is 105 Å². The van der Waals surface area contributed by atoms with Gasteiger partial charge >= 0.3 is 176 Å². The molecule has 6 atom stereocenters. The van der Waals surface area contributed by atoms with Crippen molar-refractivity contribution in [2.45, 2.75) is 116 Å². The van der Waals surface area contributed by atoms with Gasteiger partial charge in [0.2, 0.25) is 0 Å². The second-order valence-electron chi connectivity index (χ2n) is 23.9. The summed E-state index contributed by atoms with van der Waals surface area (Å²) in [6.07, 6.45) is 7.77. The standard InChI is InChI=1S/C23H27BN3O4.C22H27N3O3.C12H16BN2O2.C10H12N2O3.2CH4.I12/c28-16-24-27-15-19-4-2-1-3-17(19)13-20(27)22(30)7-6-21(29)18-5-8-23(25-14-18)26-9-11-31-12-10-26;26-20(18-5-8-22(24-15-18)25-9-11-28-12-10-25)6-7-21(27)19-13-16-3-1-2-4-17(16)14-23-19;14-6-12(17)11-5-9-3-1-2-4-10(9)7-15(11)13-8-16;13-10(14)8-1-2-9(11-7-8)12-3-5-15-6-4-12;;;1-8(2)10(5)12(7)11(6)9(3)4/h1-5,8,14,16,20,22,30H,6-7,9-13,15H2;1-5,8,15,19,21,23,27H,6-7,9-14H2;1-4,8,11-12,17H,5-7,14H2;1-2,7H,3-6H2,(H,13,14);2*1H4;/t20-,22+;19-,21+;11-,12+;;;;/m000..../s1. The number of nitrogens with two attached hydrogens (primary N) is 1. The molecule has 6 aromatic rings. The summed E-state index contributed by atoms with van der Waals surface area (Å²) in [6, 6.07) is 34.8. The molecule has 7 N–H and O–H groups in total. The number of Topliss-reactive ketones (excluding diaryl/α,β-unsaturated/α-hetero) is 2. The predicted octanol–water partition coefficient (Wildman–Crippen LogP) is 15.5. The number of ketones is 2. The summed E-state index contributed by atoms with van der Waals surface area (Å²) in [5, 5.41) is 43.4. The molecule has 22 nitrogen and oxygen atoms in total. The number of aliphatic hydroxyl groups is 3. The number of aromatic nitrogens is 3. The number of carbonyl (C=O) groups is 5. The number of carboxylic acid groups (broad SMARTS) is 1. The molecule has 0 spiro atoms. The third-order valence-electron chi connectivity index (χ3n) is 17.7. The summed E-state index contributed by atoms with van der Waals surface area (Å²) in [4.78, 5) is 80.6. The van der Waals surface area contributed by atoms with Crippen molar-refractivity contribution in [1.82, 2.24) is 29.9 Å².